The van der Waals surface area contributed by atoms with Crippen LogP contribution in [0.1, 0.15) is 16.1 Å². The number of esters is 1. The number of benzene rings is 2. The van der Waals surface area contributed by atoms with E-state index in [4.69, 9.17) is 16.3 Å². The van der Waals surface area contributed by atoms with Crippen molar-refractivity contribution in [3.05, 3.63) is 75.2 Å². The largest absolute Gasteiger partial charge is 0.465 e. The first-order chi connectivity index (χ1) is 11.0. The molecule has 0 unspecified atom stereocenters. The lowest BCUT2D eigenvalue weighted by Crippen LogP contribution is -2.15. The maximum absolute atomic E-state index is 12.3. The third kappa shape index (κ3) is 2.62. The van der Waals surface area contributed by atoms with Gasteiger partial charge in [0.1, 0.15) is 0 Å². The highest BCUT2D eigenvalue weighted by Gasteiger charge is 2.23. The second-order valence-corrected chi connectivity index (χ2v) is 5.56. The van der Waals surface area contributed by atoms with Crippen LogP contribution < -0.4 is 5.43 Å². The maximum Gasteiger partial charge on any atom is 0.340 e. The van der Waals surface area contributed by atoms with Crippen molar-refractivity contribution < 1.29 is 9.53 Å². The van der Waals surface area contributed by atoms with Gasteiger partial charge in [0.2, 0.25) is 0 Å². The number of hydrogen-bond acceptors (Lipinski definition) is 3. The summed E-state index contributed by atoms with van der Waals surface area (Å²) in [7, 11) is 1.32. The molecule has 5 heteroatoms. The van der Waals surface area contributed by atoms with Crippen molar-refractivity contribution in [1.82, 2.24) is 4.57 Å². The Morgan fingerprint density at radius 3 is 2.48 bits per heavy atom. The monoisotopic (exact) mass is 327 g/mol. The van der Waals surface area contributed by atoms with Gasteiger partial charge < -0.3 is 9.30 Å². The summed E-state index contributed by atoms with van der Waals surface area (Å²) in [5, 5.41) is 0.308. The van der Waals surface area contributed by atoms with Gasteiger partial charge in [-0.05, 0) is 25.1 Å². The Hall–Kier alpha value is -2.59. The van der Waals surface area contributed by atoms with Crippen molar-refractivity contribution in [3.63, 3.8) is 0 Å². The molecule has 0 saturated carbocycles. The van der Waals surface area contributed by atoms with Crippen LogP contribution in [-0.2, 0) is 4.74 Å². The zero-order valence-electron chi connectivity index (χ0n) is 12.7. The number of hydrogen-bond donors (Lipinski definition) is 0. The summed E-state index contributed by atoms with van der Waals surface area (Å²) in [5.74, 6) is -0.501. The van der Waals surface area contributed by atoms with Crippen LogP contribution >= 0.6 is 11.6 Å². The second-order valence-electron chi connectivity index (χ2n) is 5.15. The molecule has 0 radical (unpaired) electrons. The molecule has 0 atom stereocenters. The number of para-hydroxylation sites is 1. The van der Waals surface area contributed by atoms with Crippen LogP contribution in [0.5, 0.6) is 0 Å². The third-order valence-corrected chi connectivity index (χ3v) is 4.09. The van der Waals surface area contributed by atoms with Gasteiger partial charge in [-0.3, -0.25) is 4.79 Å². The van der Waals surface area contributed by atoms with Gasteiger partial charge in [-0.2, -0.15) is 0 Å². The summed E-state index contributed by atoms with van der Waals surface area (Å²) in [5.41, 5.74) is 2.79. The zero-order valence-corrected chi connectivity index (χ0v) is 13.4. The molecule has 2 aliphatic rings. The highest BCUT2D eigenvalue weighted by molar-refractivity contribution is 6.33. The van der Waals surface area contributed by atoms with Crippen LogP contribution in [0.3, 0.4) is 0 Å². The number of halogens is 1. The highest BCUT2D eigenvalue weighted by atomic mass is 35.5. The van der Waals surface area contributed by atoms with E-state index >= 15 is 0 Å². The average molecular weight is 328 g/mol. The van der Waals surface area contributed by atoms with Gasteiger partial charge in [0, 0.05) is 34.8 Å². The molecule has 116 valence electrons. The molecule has 0 saturated heterocycles. The fourth-order valence-corrected chi connectivity index (χ4v) is 2.95. The van der Waals surface area contributed by atoms with Crippen LogP contribution in [0.4, 0.5) is 0 Å². The Labute approximate surface area is 138 Å². The smallest absolute Gasteiger partial charge is 0.340 e. The zero-order chi connectivity index (χ0) is 16.6. The van der Waals surface area contributed by atoms with Gasteiger partial charge >= 0.3 is 5.97 Å². The topological polar surface area (TPSA) is 48.3 Å². The van der Waals surface area contributed by atoms with Crippen molar-refractivity contribution in [2.75, 3.05) is 7.11 Å². The lowest BCUT2D eigenvalue weighted by molar-refractivity contribution is 0.0600. The number of rotatable bonds is 2. The lowest BCUT2D eigenvalue weighted by Gasteiger charge is -2.20. The predicted molar refractivity (Wildman–Crippen MR) is 89.7 cm³/mol. The Bertz CT molecular complexity index is 916. The molecule has 0 N–H and O–H groups in total. The van der Waals surface area contributed by atoms with Gasteiger partial charge in [-0.1, -0.05) is 29.8 Å². The second kappa shape index (κ2) is 5.89. The summed E-state index contributed by atoms with van der Waals surface area (Å²) in [4.78, 5) is 24.1. The Balaban J connectivity index is 2.44. The van der Waals surface area contributed by atoms with Crippen LogP contribution in [0.15, 0.2) is 53.5 Å². The summed E-state index contributed by atoms with van der Waals surface area (Å²) >= 11 is 6.23. The van der Waals surface area contributed by atoms with Crippen molar-refractivity contribution in [3.8, 4) is 16.8 Å². The van der Waals surface area contributed by atoms with Gasteiger partial charge in [0.25, 0.3) is 0 Å². The normalized spacial score (nSPS) is 10.7. The first kappa shape index (κ1) is 15.3. The fraction of sp³-hybridized carbons (Fsp3) is 0.111. The lowest BCUT2D eigenvalue weighted by atomic mass is 9.97. The Morgan fingerprint density at radius 2 is 1.83 bits per heavy atom. The number of nitrogens with zero attached hydrogens (tertiary/aromatic N) is 1. The average Bonchev–Trinajstić information content (AvgIpc) is 2.54. The number of fused-ring (bicyclic) bond motifs is 1. The minimum atomic E-state index is -0.501. The SMILES string of the molecule is COC(=O)c1c2cc(=O)cc(Cl)c-2cn(-c2ccccc2)c1C. The standard InChI is InChI=1S/C18H14ClNO3/c1-11-17(18(22)23-2)14-8-13(21)9-16(19)15(14)10-20(11)12-6-4-3-5-7-12/h3-10H,1-2H3. The van der Waals surface area contributed by atoms with Crippen LogP contribution in [0.25, 0.3) is 16.8 Å². The molecular formula is C18H14ClNO3. The quantitative estimate of drug-likeness (QED) is 0.674. The van der Waals surface area contributed by atoms with E-state index in [0.717, 1.165) is 5.69 Å². The van der Waals surface area contributed by atoms with E-state index in [1.165, 1.54) is 19.2 Å². The van der Waals surface area contributed by atoms with Gasteiger partial charge in [-0.25, -0.2) is 4.79 Å². The molecule has 0 aromatic heterocycles. The van der Waals surface area contributed by atoms with Crippen molar-refractivity contribution in [1.29, 1.82) is 0 Å². The van der Waals surface area contributed by atoms with E-state index < -0.39 is 5.97 Å². The molecule has 1 aliphatic heterocycles. The molecule has 0 spiro atoms. The molecule has 0 amide bonds. The third-order valence-electron chi connectivity index (χ3n) is 3.78. The molecule has 0 bridgehead atoms. The summed E-state index contributed by atoms with van der Waals surface area (Å²) in [6.45, 7) is 1.81. The molecule has 1 heterocycles. The van der Waals surface area contributed by atoms with Crippen LogP contribution in [0, 0.1) is 6.92 Å². The number of aromatic nitrogens is 1. The van der Waals surface area contributed by atoms with Crippen LogP contribution in [-0.4, -0.2) is 17.6 Å². The number of methoxy groups -OCH3 is 1. The Morgan fingerprint density at radius 1 is 1.13 bits per heavy atom. The highest BCUT2D eigenvalue weighted by Crippen LogP contribution is 2.34. The molecule has 1 aromatic rings. The molecule has 3 rings (SSSR count). The minimum absolute atomic E-state index is 0.246. The predicted octanol–water partition coefficient (Wildman–Crippen LogP) is 3.69. The van der Waals surface area contributed by atoms with Gasteiger partial charge in [0.05, 0.1) is 17.7 Å². The molecule has 1 aromatic carbocycles. The van der Waals surface area contributed by atoms with E-state index in [1.807, 2.05) is 48.0 Å². The summed E-state index contributed by atoms with van der Waals surface area (Å²) < 4.78 is 6.76. The van der Waals surface area contributed by atoms with E-state index in [1.54, 1.807) is 0 Å². The van der Waals surface area contributed by atoms with E-state index in [0.29, 0.717) is 27.4 Å². The first-order valence-electron chi connectivity index (χ1n) is 7.02. The number of carbonyl (C=O) groups excluding carboxylic acids is 1. The number of pyridine rings is 1. The summed E-state index contributed by atoms with van der Waals surface area (Å²) in [6.07, 6.45) is 1.83. The number of ether oxygens (including phenoxy) is 1. The molecule has 23 heavy (non-hydrogen) atoms. The maximum atomic E-state index is 12.3. The molecule has 4 nitrogen and oxygen atoms in total. The van der Waals surface area contributed by atoms with E-state index in [2.05, 4.69) is 0 Å². The molecule has 1 aliphatic carbocycles. The van der Waals surface area contributed by atoms with E-state index in [9.17, 15) is 9.59 Å². The minimum Gasteiger partial charge on any atom is -0.465 e. The molecular weight excluding hydrogens is 314 g/mol. The molecule has 0 fully saturated rings. The Kier molecular flexibility index (Phi) is 3.92. The number of carbonyl (C=O) groups is 1. The fourth-order valence-electron chi connectivity index (χ4n) is 2.69. The van der Waals surface area contributed by atoms with Gasteiger partial charge in [0.15, 0.2) is 5.43 Å². The van der Waals surface area contributed by atoms with Gasteiger partial charge in [-0.15, -0.1) is 0 Å². The van der Waals surface area contributed by atoms with Crippen molar-refractivity contribution in [2.24, 2.45) is 0 Å². The first-order valence-corrected chi connectivity index (χ1v) is 7.40. The summed E-state index contributed by atoms with van der Waals surface area (Å²) in [6, 6.07) is 12.3. The van der Waals surface area contributed by atoms with Crippen molar-refractivity contribution >= 4 is 17.6 Å². The van der Waals surface area contributed by atoms with E-state index in [-0.39, 0.29) is 5.43 Å². The van der Waals surface area contributed by atoms with Crippen LogP contribution in [0.2, 0.25) is 5.02 Å². The van der Waals surface area contributed by atoms with Crippen molar-refractivity contribution in [2.45, 2.75) is 6.92 Å².